The first-order valence-electron chi connectivity index (χ1n) is 6.48. The smallest absolute Gasteiger partial charge is 0.339 e. The molecule has 0 aliphatic rings. The van der Waals surface area contributed by atoms with Crippen LogP contribution in [-0.4, -0.2) is 22.3 Å². The topological polar surface area (TPSA) is 66.6 Å². The molecule has 108 valence electrons. The molecule has 0 bridgehead atoms. The van der Waals surface area contributed by atoms with Gasteiger partial charge in [-0.05, 0) is 24.6 Å². The molecule has 0 saturated carbocycles. The number of hydrogen-bond acceptors (Lipinski definition) is 3. The zero-order valence-corrected chi connectivity index (χ0v) is 12.4. The summed E-state index contributed by atoms with van der Waals surface area (Å²) in [6, 6.07) is 12.6. The highest BCUT2D eigenvalue weighted by atomic mass is 32.1. The number of hydroxylamine groups is 2. The second kappa shape index (κ2) is 6.93. The molecule has 21 heavy (non-hydrogen) atoms. The number of urea groups is 1. The number of thiophene rings is 1. The van der Waals surface area contributed by atoms with Gasteiger partial charge in [0.25, 0.3) is 0 Å². The van der Waals surface area contributed by atoms with E-state index in [1.165, 1.54) is 10.4 Å². The Kier molecular flexibility index (Phi) is 4.99. The minimum absolute atomic E-state index is 0.422. The average Bonchev–Trinajstić information content (AvgIpc) is 2.92. The van der Waals surface area contributed by atoms with E-state index in [2.05, 4.69) is 24.0 Å². The van der Waals surface area contributed by atoms with Crippen LogP contribution in [0.5, 0.6) is 0 Å². The average molecular weight is 300 g/mol. The molecule has 2 aromatic rings. The van der Waals surface area contributed by atoms with E-state index >= 15 is 0 Å². The second-order valence-corrected chi connectivity index (χ2v) is 5.72. The molecule has 0 spiro atoms. The zero-order chi connectivity index (χ0) is 15.2. The van der Waals surface area contributed by atoms with Crippen LogP contribution in [0.1, 0.15) is 22.2 Å². The molecule has 0 radical (unpaired) electrons. The van der Waals surface area contributed by atoms with Crippen molar-refractivity contribution >= 4 is 17.4 Å². The molecule has 1 aromatic heterocycles. The van der Waals surface area contributed by atoms with Crippen molar-refractivity contribution in [3.05, 3.63) is 57.8 Å². The van der Waals surface area contributed by atoms with Crippen LogP contribution in [0.3, 0.4) is 0 Å². The molecular weight excluding hydrogens is 284 g/mol. The lowest BCUT2D eigenvalue weighted by molar-refractivity contribution is -0.0536. The number of rotatable bonds is 3. The van der Waals surface area contributed by atoms with Gasteiger partial charge in [-0.25, -0.2) is 4.79 Å². The summed E-state index contributed by atoms with van der Waals surface area (Å²) in [5.41, 5.74) is 6.22. The van der Waals surface area contributed by atoms with Gasteiger partial charge in [-0.1, -0.05) is 42.2 Å². The molecular formula is C16H16N2O2S. The van der Waals surface area contributed by atoms with E-state index in [4.69, 9.17) is 5.73 Å². The van der Waals surface area contributed by atoms with Crippen molar-refractivity contribution in [3.63, 3.8) is 0 Å². The van der Waals surface area contributed by atoms with Crippen LogP contribution < -0.4 is 5.73 Å². The summed E-state index contributed by atoms with van der Waals surface area (Å²) in [6.07, 6.45) is 0.871. The Balaban J connectivity index is 2.02. The number of primary amides is 1. The third-order valence-electron chi connectivity index (χ3n) is 2.88. The SMILES string of the molecule is C[C@@H](C#Cc1ccc(Cc2ccccc2)s1)N(O)C(N)=O. The van der Waals surface area contributed by atoms with Gasteiger partial charge in [-0.3, -0.25) is 5.21 Å². The minimum Gasteiger partial charge on any atom is -0.350 e. The molecule has 0 aliphatic carbocycles. The fraction of sp³-hybridized carbons (Fsp3) is 0.188. The normalized spacial score (nSPS) is 11.3. The molecule has 0 saturated heterocycles. The van der Waals surface area contributed by atoms with Crippen LogP contribution in [0.2, 0.25) is 0 Å². The Morgan fingerprint density at radius 3 is 2.71 bits per heavy atom. The lowest BCUT2D eigenvalue weighted by Gasteiger charge is -2.14. The number of carbonyl (C=O) groups is 1. The summed E-state index contributed by atoms with van der Waals surface area (Å²) in [5.74, 6) is 5.74. The molecule has 0 unspecified atom stereocenters. The minimum atomic E-state index is -0.909. The molecule has 0 aliphatic heterocycles. The summed E-state index contributed by atoms with van der Waals surface area (Å²) in [5, 5.41) is 9.75. The quantitative estimate of drug-likeness (QED) is 0.520. The zero-order valence-electron chi connectivity index (χ0n) is 11.6. The van der Waals surface area contributed by atoms with Gasteiger partial charge in [0.2, 0.25) is 0 Å². The molecule has 5 heteroatoms. The van der Waals surface area contributed by atoms with E-state index in [9.17, 15) is 10.0 Å². The number of hydrogen-bond donors (Lipinski definition) is 2. The molecule has 0 fully saturated rings. The summed E-state index contributed by atoms with van der Waals surface area (Å²) in [7, 11) is 0. The Hall–Kier alpha value is -2.29. The lowest BCUT2D eigenvalue weighted by Crippen LogP contribution is -2.38. The van der Waals surface area contributed by atoms with E-state index in [0.29, 0.717) is 5.06 Å². The first-order chi connectivity index (χ1) is 10.1. The van der Waals surface area contributed by atoms with Crippen LogP contribution in [0.15, 0.2) is 42.5 Å². The van der Waals surface area contributed by atoms with Gasteiger partial charge in [0.1, 0.15) is 6.04 Å². The number of nitrogens with zero attached hydrogens (tertiary/aromatic N) is 1. The molecule has 1 heterocycles. The van der Waals surface area contributed by atoms with Gasteiger partial charge in [-0.2, -0.15) is 5.06 Å². The molecule has 1 aromatic carbocycles. The maximum absolute atomic E-state index is 10.8. The monoisotopic (exact) mass is 300 g/mol. The van der Waals surface area contributed by atoms with E-state index in [0.717, 1.165) is 11.3 Å². The predicted octanol–water partition coefficient (Wildman–Crippen LogP) is 2.85. The Morgan fingerprint density at radius 1 is 1.33 bits per heavy atom. The third kappa shape index (κ3) is 4.35. The van der Waals surface area contributed by atoms with E-state index in [1.807, 2.05) is 30.3 Å². The van der Waals surface area contributed by atoms with Crippen molar-refractivity contribution in [1.82, 2.24) is 5.06 Å². The highest BCUT2D eigenvalue weighted by molar-refractivity contribution is 7.12. The van der Waals surface area contributed by atoms with Crippen molar-refractivity contribution in [2.24, 2.45) is 5.73 Å². The maximum Gasteiger partial charge on any atom is 0.339 e. The second-order valence-electron chi connectivity index (χ2n) is 4.56. The van der Waals surface area contributed by atoms with Crippen LogP contribution >= 0.6 is 11.3 Å². The highest BCUT2D eigenvalue weighted by Crippen LogP contribution is 2.19. The van der Waals surface area contributed by atoms with E-state index in [1.54, 1.807) is 18.3 Å². The third-order valence-corrected chi connectivity index (χ3v) is 3.88. The van der Waals surface area contributed by atoms with Crippen LogP contribution in [0.25, 0.3) is 0 Å². The van der Waals surface area contributed by atoms with Gasteiger partial charge in [0.05, 0.1) is 4.88 Å². The first kappa shape index (κ1) is 15.1. The van der Waals surface area contributed by atoms with Gasteiger partial charge < -0.3 is 5.73 Å². The summed E-state index contributed by atoms with van der Waals surface area (Å²) in [6.45, 7) is 1.61. The Morgan fingerprint density at radius 2 is 2.05 bits per heavy atom. The Labute approximate surface area is 127 Å². The fourth-order valence-corrected chi connectivity index (χ4v) is 2.67. The number of nitrogens with two attached hydrogens (primary N) is 1. The van der Waals surface area contributed by atoms with Crippen LogP contribution in [-0.2, 0) is 6.42 Å². The van der Waals surface area contributed by atoms with E-state index < -0.39 is 12.1 Å². The number of benzene rings is 1. The van der Waals surface area contributed by atoms with Gasteiger partial charge in [-0.15, -0.1) is 11.3 Å². The van der Waals surface area contributed by atoms with E-state index in [-0.39, 0.29) is 0 Å². The lowest BCUT2D eigenvalue weighted by atomic mass is 10.1. The molecule has 2 rings (SSSR count). The Bertz CT molecular complexity index is 670. The van der Waals surface area contributed by atoms with Gasteiger partial charge >= 0.3 is 6.03 Å². The number of amides is 2. The van der Waals surface area contributed by atoms with Crippen LogP contribution in [0, 0.1) is 11.8 Å². The number of carbonyl (C=O) groups excluding carboxylic acids is 1. The molecule has 2 amide bonds. The van der Waals surface area contributed by atoms with Gasteiger partial charge in [0.15, 0.2) is 0 Å². The standard InChI is InChI=1S/C16H16N2O2S/c1-12(18(20)16(17)19)7-8-14-9-10-15(21-14)11-13-5-3-2-4-6-13/h2-6,9-10,12,20H,11H2,1H3,(H2,17,19)/t12-/m0/s1. The van der Waals surface area contributed by atoms with Crippen molar-refractivity contribution in [2.75, 3.05) is 0 Å². The molecule has 1 atom stereocenters. The molecule has 3 N–H and O–H groups in total. The van der Waals surface area contributed by atoms with Crippen molar-refractivity contribution in [1.29, 1.82) is 0 Å². The van der Waals surface area contributed by atoms with Crippen molar-refractivity contribution in [2.45, 2.75) is 19.4 Å². The van der Waals surface area contributed by atoms with Crippen molar-refractivity contribution < 1.29 is 10.0 Å². The largest absolute Gasteiger partial charge is 0.350 e. The fourth-order valence-electron chi connectivity index (χ4n) is 1.76. The maximum atomic E-state index is 10.8. The van der Waals surface area contributed by atoms with Gasteiger partial charge in [0, 0.05) is 11.3 Å². The molecule has 4 nitrogen and oxygen atoms in total. The summed E-state index contributed by atoms with van der Waals surface area (Å²) < 4.78 is 0. The highest BCUT2D eigenvalue weighted by Gasteiger charge is 2.11. The van der Waals surface area contributed by atoms with Crippen molar-refractivity contribution in [3.8, 4) is 11.8 Å². The summed E-state index contributed by atoms with van der Waals surface area (Å²) in [4.78, 5) is 12.9. The summed E-state index contributed by atoms with van der Waals surface area (Å²) >= 11 is 1.60. The van der Waals surface area contributed by atoms with Crippen LogP contribution in [0.4, 0.5) is 4.79 Å². The predicted molar refractivity (Wildman–Crippen MR) is 83.1 cm³/mol. The first-order valence-corrected chi connectivity index (χ1v) is 7.29.